The molecule has 0 aliphatic carbocycles. The van der Waals surface area contributed by atoms with Crippen LogP contribution in [-0.2, 0) is 9.31 Å². The second-order valence-electron chi connectivity index (χ2n) is 7.90. The van der Waals surface area contributed by atoms with Gasteiger partial charge < -0.3 is 9.31 Å². The van der Waals surface area contributed by atoms with Crippen molar-refractivity contribution in [1.82, 2.24) is 4.90 Å². The molecule has 1 aromatic rings. The number of halogens is 3. The second kappa shape index (κ2) is 6.60. The lowest BCUT2D eigenvalue weighted by Crippen LogP contribution is -2.45. The van der Waals surface area contributed by atoms with Gasteiger partial charge in [-0.3, -0.25) is 4.90 Å². The minimum absolute atomic E-state index is 0.00402. The van der Waals surface area contributed by atoms with Crippen molar-refractivity contribution < 1.29 is 22.5 Å². The van der Waals surface area contributed by atoms with Crippen LogP contribution in [0.25, 0.3) is 0 Å². The third-order valence-corrected chi connectivity index (χ3v) is 5.66. The molecule has 2 heterocycles. The number of hydrogen-bond acceptors (Lipinski definition) is 3. The molecule has 0 amide bonds. The van der Waals surface area contributed by atoms with Gasteiger partial charge in [0.25, 0.3) is 6.43 Å². The van der Waals surface area contributed by atoms with Crippen LogP contribution in [0.5, 0.6) is 0 Å². The second-order valence-corrected chi connectivity index (χ2v) is 7.90. The molecule has 2 aliphatic rings. The molecule has 0 spiro atoms. The van der Waals surface area contributed by atoms with E-state index < -0.39 is 30.9 Å². The Bertz CT molecular complexity index is 593. The first-order valence-electron chi connectivity index (χ1n) is 8.72. The van der Waals surface area contributed by atoms with Gasteiger partial charge in [0.05, 0.1) is 11.2 Å². The highest BCUT2D eigenvalue weighted by Crippen LogP contribution is 2.37. The van der Waals surface area contributed by atoms with Gasteiger partial charge in [0, 0.05) is 19.1 Å². The van der Waals surface area contributed by atoms with Gasteiger partial charge in [-0.15, -0.1) is 0 Å². The number of hydrogen-bond donors (Lipinski definition) is 0. The summed E-state index contributed by atoms with van der Waals surface area (Å²) in [5.74, 6) is 0. The molecular formula is C18H25BF3NO2. The van der Waals surface area contributed by atoms with Crippen LogP contribution in [0, 0.1) is 0 Å². The summed E-state index contributed by atoms with van der Waals surface area (Å²) in [5.41, 5.74) is 1.14. The van der Waals surface area contributed by atoms with E-state index in [1.807, 2.05) is 52.0 Å². The van der Waals surface area contributed by atoms with E-state index in [1.54, 1.807) is 4.90 Å². The van der Waals surface area contributed by atoms with E-state index in [0.29, 0.717) is 6.54 Å². The van der Waals surface area contributed by atoms with Crippen LogP contribution in [0.4, 0.5) is 13.2 Å². The van der Waals surface area contributed by atoms with Crippen molar-refractivity contribution in [3.05, 3.63) is 29.8 Å². The summed E-state index contributed by atoms with van der Waals surface area (Å²) in [5, 5.41) is 0. The summed E-state index contributed by atoms with van der Waals surface area (Å²) in [6.45, 7) is 8.44. The molecule has 0 aromatic heterocycles. The number of alkyl halides is 3. The van der Waals surface area contributed by atoms with Gasteiger partial charge in [-0.25, -0.2) is 13.2 Å². The molecule has 3 nitrogen and oxygen atoms in total. The highest BCUT2D eigenvalue weighted by atomic mass is 19.3. The fourth-order valence-electron chi connectivity index (χ4n) is 3.19. The summed E-state index contributed by atoms with van der Waals surface area (Å²) >= 11 is 0. The van der Waals surface area contributed by atoms with E-state index in [2.05, 4.69) is 0 Å². The van der Waals surface area contributed by atoms with Crippen LogP contribution >= 0.6 is 0 Å². The zero-order valence-corrected chi connectivity index (χ0v) is 15.1. The van der Waals surface area contributed by atoms with Crippen molar-refractivity contribution in [2.24, 2.45) is 0 Å². The monoisotopic (exact) mass is 355 g/mol. The van der Waals surface area contributed by atoms with E-state index in [0.717, 1.165) is 17.4 Å². The van der Waals surface area contributed by atoms with Crippen LogP contribution in [0.2, 0.25) is 0 Å². The minimum atomic E-state index is -2.92. The molecule has 2 aliphatic heterocycles. The molecule has 1 aromatic carbocycles. The average Bonchev–Trinajstić information content (AvgIpc) is 2.72. The van der Waals surface area contributed by atoms with E-state index in [-0.39, 0.29) is 12.6 Å². The Morgan fingerprint density at radius 3 is 2.08 bits per heavy atom. The first kappa shape index (κ1) is 18.7. The number of likely N-dealkylation sites (tertiary alicyclic amines) is 1. The van der Waals surface area contributed by atoms with Crippen molar-refractivity contribution >= 4 is 12.6 Å². The van der Waals surface area contributed by atoms with Gasteiger partial charge in [-0.1, -0.05) is 24.3 Å². The Morgan fingerprint density at radius 1 is 1.08 bits per heavy atom. The first-order chi connectivity index (χ1) is 11.6. The third kappa shape index (κ3) is 3.59. The molecule has 138 valence electrons. The molecule has 2 atom stereocenters. The molecular weight excluding hydrogens is 330 g/mol. The molecule has 0 bridgehead atoms. The number of nitrogens with zero attached hydrogens (tertiary/aromatic N) is 1. The molecule has 2 fully saturated rings. The Hall–Kier alpha value is -1.05. The van der Waals surface area contributed by atoms with Crippen LogP contribution in [-0.4, -0.2) is 48.9 Å². The van der Waals surface area contributed by atoms with Gasteiger partial charge in [-0.2, -0.15) is 0 Å². The zero-order chi connectivity index (χ0) is 18.4. The summed E-state index contributed by atoms with van der Waals surface area (Å²) in [7, 11) is -0.425. The quantitative estimate of drug-likeness (QED) is 0.757. The lowest BCUT2D eigenvalue weighted by Gasteiger charge is -2.42. The van der Waals surface area contributed by atoms with Gasteiger partial charge >= 0.3 is 7.12 Å². The summed E-state index contributed by atoms with van der Waals surface area (Å²) in [4.78, 5) is 1.76. The van der Waals surface area contributed by atoms with E-state index >= 15 is 0 Å². The number of benzene rings is 1. The Kier molecular flexibility index (Phi) is 4.94. The molecule has 25 heavy (non-hydrogen) atoms. The molecule has 0 saturated carbocycles. The SMILES string of the molecule is CC1(C)OB(c2ccc(C3CCN3CC(F)C(F)F)cc2)OC1(C)C. The van der Waals surface area contributed by atoms with Crippen LogP contribution in [0.3, 0.4) is 0 Å². The summed E-state index contributed by atoms with van der Waals surface area (Å²) in [6, 6.07) is 7.78. The third-order valence-electron chi connectivity index (χ3n) is 5.66. The topological polar surface area (TPSA) is 21.7 Å². The number of rotatable bonds is 5. The largest absolute Gasteiger partial charge is 0.494 e. The molecule has 2 unspecified atom stereocenters. The highest BCUT2D eigenvalue weighted by molar-refractivity contribution is 6.62. The van der Waals surface area contributed by atoms with Crippen molar-refractivity contribution in [2.45, 2.75) is 64.0 Å². The minimum Gasteiger partial charge on any atom is -0.399 e. The maximum atomic E-state index is 13.3. The lowest BCUT2D eigenvalue weighted by molar-refractivity contribution is -0.00783. The maximum Gasteiger partial charge on any atom is 0.494 e. The Balaban J connectivity index is 1.65. The zero-order valence-electron chi connectivity index (χ0n) is 15.1. The molecule has 0 N–H and O–H groups in total. The van der Waals surface area contributed by atoms with E-state index in [1.165, 1.54) is 0 Å². The normalized spacial score (nSPS) is 26.7. The van der Waals surface area contributed by atoms with Crippen molar-refractivity contribution in [3.63, 3.8) is 0 Å². The summed E-state index contributed by atoms with van der Waals surface area (Å²) < 4.78 is 50.1. The summed E-state index contributed by atoms with van der Waals surface area (Å²) in [6.07, 6.45) is -4.16. The van der Waals surface area contributed by atoms with Gasteiger partial charge in [-0.05, 0) is 45.1 Å². The van der Waals surface area contributed by atoms with Crippen molar-refractivity contribution in [3.8, 4) is 0 Å². The Labute approximate surface area is 147 Å². The predicted octanol–water partition coefficient (Wildman–Crippen LogP) is 3.34. The van der Waals surface area contributed by atoms with Crippen molar-refractivity contribution in [2.75, 3.05) is 13.1 Å². The average molecular weight is 355 g/mol. The first-order valence-corrected chi connectivity index (χ1v) is 8.72. The van der Waals surface area contributed by atoms with Gasteiger partial charge in [0.15, 0.2) is 6.17 Å². The smallest absolute Gasteiger partial charge is 0.399 e. The van der Waals surface area contributed by atoms with Crippen LogP contribution in [0.1, 0.15) is 45.7 Å². The molecule has 0 radical (unpaired) electrons. The fourth-order valence-corrected chi connectivity index (χ4v) is 3.19. The Morgan fingerprint density at radius 2 is 1.64 bits per heavy atom. The van der Waals surface area contributed by atoms with Gasteiger partial charge in [0.1, 0.15) is 0 Å². The van der Waals surface area contributed by atoms with Crippen LogP contribution in [0.15, 0.2) is 24.3 Å². The van der Waals surface area contributed by atoms with E-state index in [9.17, 15) is 13.2 Å². The molecule has 3 rings (SSSR count). The molecule has 2 saturated heterocycles. The predicted molar refractivity (Wildman–Crippen MR) is 92.0 cm³/mol. The van der Waals surface area contributed by atoms with E-state index in [4.69, 9.17) is 9.31 Å². The standard InChI is InChI=1S/C18H25BF3NO2/c1-17(2)18(3,4)25-19(24-17)13-7-5-12(6-8-13)15-9-10-23(15)11-14(20)16(21)22/h5-8,14-16H,9-11H2,1-4H3. The highest BCUT2D eigenvalue weighted by Gasteiger charge is 2.51. The molecule has 7 heteroatoms. The fraction of sp³-hybridized carbons (Fsp3) is 0.667. The van der Waals surface area contributed by atoms with Gasteiger partial charge in [0.2, 0.25) is 0 Å². The van der Waals surface area contributed by atoms with Crippen molar-refractivity contribution in [1.29, 1.82) is 0 Å². The lowest BCUT2D eigenvalue weighted by atomic mass is 9.78. The van der Waals surface area contributed by atoms with Crippen LogP contribution < -0.4 is 5.46 Å². The maximum absolute atomic E-state index is 13.3.